The van der Waals surface area contributed by atoms with E-state index in [1.807, 2.05) is 30.1 Å². The van der Waals surface area contributed by atoms with E-state index in [-0.39, 0.29) is 0 Å². The summed E-state index contributed by atoms with van der Waals surface area (Å²) in [6.07, 6.45) is 3.88. The van der Waals surface area contributed by atoms with Crippen molar-refractivity contribution in [2.75, 3.05) is 33.9 Å². The Morgan fingerprint density at radius 3 is 2.73 bits per heavy atom. The summed E-state index contributed by atoms with van der Waals surface area (Å²) in [7, 11) is 3.43. The summed E-state index contributed by atoms with van der Waals surface area (Å²) in [5.74, 6) is 1.62. The van der Waals surface area contributed by atoms with E-state index in [1.165, 1.54) is 0 Å². The Morgan fingerprint density at radius 2 is 2.04 bits per heavy atom. The van der Waals surface area contributed by atoms with E-state index in [9.17, 15) is 0 Å². The number of nitrogens with zero attached hydrogens (tertiary/aromatic N) is 3. The second-order valence-electron chi connectivity index (χ2n) is 6.09. The molecule has 0 unspecified atom stereocenters. The summed E-state index contributed by atoms with van der Waals surface area (Å²) in [6.45, 7) is 7.34. The lowest BCUT2D eigenvalue weighted by atomic mass is 10.1. The summed E-state index contributed by atoms with van der Waals surface area (Å²) >= 11 is 0. The van der Waals surface area contributed by atoms with Gasteiger partial charge < -0.3 is 20.1 Å². The molecule has 2 rings (SSSR count). The van der Waals surface area contributed by atoms with E-state index in [0.29, 0.717) is 19.8 Å². The smallest absolute Gasteiger partial charge is 0.191 e. The van der Waals surface area contributed by atoms with Crippen LogP contribution in [0, 0.1) is 13.8 Å². The molecule has 0 radical (unpaired) electrons. The number of rotatable bonds is 9. The molecule has 0 amide bonds. The average Bonchev–Trinajstić information content (AvgIpc) is 3.04. The van der Waals surface area contributed by atoms with Gasteiger partial charge in [0.1, 0.15) is 12.4 Å². The fourth-order valence-electron chi connectivity index (χ4n) is 2.45. The van der Waals surface area contributed by atoms with Crippen LogP contribution >= 0.6 is 0 Å². The molecule has 0 saturated heterocycles. The van der Waals surface area contributed by atoms with Crippen molar-refractivity contribution in [1.29, 1.82) is 0 Å². The van der Waals surface area contributed by atoms with Crippen molar-refractivity contribution >= 4 is 5.96 Å². The van der Waals surface area contributed by atoms with Crippen molar-refractivity contribution in [2.45, 2.75) is 26.9 Å². The van der Waals surface area contributed by atoms with Crippen LogP contribution in [0.5, 0.6) is 5.75 Å². The lowest BCUT2D eigenvalue weighted by Gasteiger charge is -2.15. The minimum Gasteiger partial charge on any atom is -0.491 e. The molecule has 1 aromatic carbocycles. The summed E-state index contributed by atoms with van der Waals surface area (Å²) in [5, 5.41) is 10.9. The van der Waals surface area contributed by atoms with Gasteiger partial charge in [-0.05, 0) is 31.0 Å². The monoisotopic (exact) mass is 359 g/mol. The van der Waals surface area contributed by atoms with Gasteiger partial charge in [0, 0.05) is 39.0 Å². The minimum atomic E-state index is 0.531. The van der Waals surface area contributed by atoms with Crippen LogP contribution in [0.25, 0.3) is 0 Å². The molecule has 0 saturated carbocycles. The molecule has 1 heterocycles. The molecule has 0 spiro atoms. The zero-order valence-corrected chi connectivity index (χ0v) is 16.1. The molecule has 1 aromatic heterocycles. The molecule has 0 atom stereocenters. The van der Waals surface area contributed by atoms with Crippen molar-refractivity contribution in [3.05, 3.63) is 47.3 Å². The normalized spacial score (nSPS) is 11.5. The SMILES string of the molecule is CN=C(NCCn1cc(C)cn1)NCc1ccc(C)cc1OCCOC. The Morgan fingerprint density at radius 1 is 1.19 bits per heavy atom. The second kappa shape index (κ2) is 10.5. The van der Waals surface area contributed by atoms with Crippen molar-refractivity contribution in [1.82, 2.24) is 20.4 Å². The van der Waals surface area contributed by atoms with Crippen molar-refractivity contribution in [3.63, 3.8) is 0 Å². The van der Waals surface area contributed by atoms with Crippen molar-refractivity contribution in [2.24, 2.45) is 4.99 Å². The maximum Gasteiger partial charge on any atom is 0.191 e. The van der Waals surface area contributed by atoms with Gasteiger partial charge in [0.15, 0.2) is 5.96 Å². The number of methoxy groups -OCH3 is 1. The number of aromatic nitrogens is 2. The fraction of sp³-hybridized carbons (Fsp3) is 0.474. The Hall–Kier alpha value is -2.54. The molecule has 7 heteroatoms. The fourth-order valence-corrected chi connectivity index (χ4v) is 2.45. The number of hydrogen-bond acceptors (Lipinski definition) is 4. The zero-order chi connectivity index (χ0) is 18.8. The summed E-state index contributed by atoms with van der Waals surface area (Å²) < 4.78 is 12.8. The first-order valence-corrected chi connectivity index (χ1v) is 8.77. The molecule has 7 nitrogen and oxygen atoms in total. The predicted octanol–water partition coefficient (Wildman–Crippen LogP) is 1.89. The van der Waals surface area contributed by atoms with Crippen LogP contribution in [-0.4, -0.2) is 49.7 Å². The molecule has 0 aliphatic heterocycles. The Labute approximate surface area is 155 Å². The second-order valence-corrected chi connectivity index (χ2v) is 6.09. The highest BCUT2D eigenvalue weighted by atomic mass is 16.5. The molecule has 2 aromatic rings. The van der Waals surface area contributed by atoms with E-state index < -0.39 is 0 Å². The van der Waals surface area contributed by atoms with Gasteiger partial charge in [0.25, 0.3) is 0 Å². The number of benzene rings is 1. The van der Waals surface area contributed by atoms with E-state index >= 15 is 0 Å². The van der Waals surface area contributed by atoms with E-state index in [4.69, 9.17) is 9.47 Å². The van der Waals surface area contributed by atoms with E-state index in [1.54, 1.807) is 14.2 Å². The van der Waals surface area contributed by atoms with Gasteiger partial charge in [-0.1, -0.05) is 12.1 Å². The van der Waals surface area contributed by atoms with E-state index in [0.717, 1.165) is 41.5 Å². The Balaban J connectivity index is 1.85. The third kappa shape index (κ3) is 6.40. The molecule has 0 aliphatic carbocycles. The zero-order valence-electron chi connectivity index (χ0n) is 16.1. The van der Waals surface area contributed by atoms with Crippen LogP contribution in [0.2, 0.25) is 0 Å². The Bertz CT molecular complexity index is 712. The highest BCUT2D eigenvalue weighted by Gasteiger charge is 2.06. The minimum absolute atomic E-state index is 0.531. The number of ether oxygens (including phenoxy) is 2. The van der Waals surface area contributed by atoms with Crippen LogP contribution < -0.4 is 15.4 Å². The molecule has 0 aliphatic rings. The lowest BCUT2D eigenvalue weighted by molar-refractivity contribution is 0.145. The number of guanidine groups is 1. The molecular weight excluding hydrogens is 330 g/mol. The Kier molecular flexibility index (Phi) is 7.95. The van der Waals surface area contributed by atoms with Crippen molar-refractivity contribution in [3.8, 4) is 5.75 Å². The molecule has 26 heavy (non-hydrogen) atoms. The third-order valence-corrected chi connectivity index (χ3v) is 3.83. The molecular formula is C19H29N5O2. The van der Waals surface area contributed by atoms with Crippen LogP contribution in [0.3, 0.4) is 0 Å². The first kappa shape index (κ1) is 19.8. The van der Waals surface area contributed by atoms with Crippen LogP contribution in [0.1, 0.15) is 16.7 Å². The highest BCUT2D eigenvalue weighted by Crippen LogP contribution is 2.20. The lowest BCUT2D eigenvalue weighted by Crippen LogP contribution is -2.38. The third-order valence-electron chi connectivity index (χ3n) is 3.83. The largest absolute Gasteiger partial charge is 0.491 e. The number of aliphatic imine (C=N–C) groups is 1. The average molecular weight is 359 g/mol. The van der Waals surface area contributed by atoms with Crippen LogP contribution in [0.4, 0.5) is 0 Å². The maximum absolute atomic E-state index is 5.83. The van der Waals surface area contributed by atoms with Gasteiger partial charge in [-0.2, -0.15) is 5.10 Å². The number of hydrogen-bond donors (Lipinski definition) is 2. The van der Waals surface area contributed by atoms with Gasteiger partial charge in [0.2, 0.25) is 0 Å². The maximum atomic E-state index is 5.83. The standard InChI is InChI=1S/C19H29N5O2/c1-15-5-6-17(18(11-15)26-10-9-25-4)13-22-19(20-3)21-7-8-24-14-16(2)12-23-24/h5-6,11-12,14H,7-10,13H2,1-4H3,(H2,20,21,22). The first-order chi connectivity index (χ1) is 12.6. The molecule has 142 valence electrons. The van der Waals surface area contributed by atoms with Crippen LogP contribution in [0.15, 0.2) is 35.6 Å². The van der Waals surface area contributed by atoms with Gasteiger partial charge in [-0.3, -0.25) is 9.67 Å². The first-order valence-electron chi connectivity index (χ1n) is 8.77. The van der Waals surface area contributed by atoms with Gasteiger partial charge in [0.05, 0.1) is 19.3 Å². The topological polar surface area (TPSA) is 72.7 Å². The van der Waals surface area contributed by atoms with Crippen molar-refractivity contribution < 1.29 is 9.47 Å². The quantitative estimate of drug-likeness (QED) is 0.406. The molecule has 2 N–H and O–H groups in total. The van der Waals surface area contributed by atoms with Crippen LogP contribution in [-0.2, 0) is 17.8 Å². The van der Waals surface area contributed by atoms with Gasteiger partial charge >= 0.3 is 0 Å². The highest BCUT2D eigenvalue weighted by molar-refractivity contribution is 5.79. The number of aryl methyl sites for hydroxylation is 2. The number of nitrogens with one attached hydrogen (secondary N) is 2. The summed E-state index contributed by atoms with van der Waals surface area (Å²) in [6, 6.07) is 6.20. The summed E-state index contributed by atoms with van der Waals surface area (Å²) in [4.78, 5) is 4.27. The molecule has 0 fully saturated rings. The van der Waals surface area contributed by atoms with E-state index in [2.05, 4.69) is 39.8 Å². The summed E-state index contributed by atoms with van der Waals surface area (Å²) in [5.41, 5.74) is 3.41. The van der Waals surface area contributed by atoms with Gasteiger partial charge in [-0.15, -0.1) is 0 Å². The van der Waals surface area contributed by atoms with Gasteiger partial charge in [-0.25, -0.2) is 0 Å². The predicted molar refractivity (Wildman–Crippen MR) is 104 cm³/mol. The molecule has 0 bridgehead atoms.